The minimum absolute atomic E-state index is 0.142. The summed E-state index contributed by atoms with van der Waals surface area (Å²) in [7, 11) is 0. The van der Waals surface area contributed by atoms with Gasteiger partial charge in [-0.25, -0.2) is 14.6 Å². The number of nitrogens with zero attached hydrogens (tertiary/aromatic N) is 2. The number of H-pyrrole nitrogens is 1. The molecule has 0 aliphatic heterocycles. The fraction of sp³-hybridized carbons (Fsp3) is 0.250. The molecule has 0 aliphatic carbocycles. The first kappa shape index (κ1) is 18.8. The summed E-state index contributed by atoms with van der Waals surface area (Å²) in [5, 5.41) is 2.50. The van der Waals surface area contributed by atoms with Crippen molar-refractivity contribution < 1.29 is 19.1 Å². The molecule has 0 unspecified atom stereocenters. The molecule has 1 aromatic carbocycles. The number of aliphatic imine (C=N–C) groups is 1. The summed E-state index contributed by atoms with van der Waals surface area (Å²) < 4.78 is 10.1. The van der Waals surface area contributed by atoms with Gasteiger partial charge in [-0.3, -0.25) is 0 Å². The number of esters is 1. The number of amides is 2. The van der Waals surface area contributed by atoms with Crippen molar-refractivity contribution in [2.24, 2.45) is 16.5 Å². The zero-order chi connectivity index (χ0) is 18.9. The van der Waals surface area contributed by atoms with Gasteiger partial charge in [0.05, 0.1) is 25.0 Å². The molecule has 1 heterocycles. The van der Waals surface area contributed by atoms with Gasteiger partial charge in [0.25, 0.3) is 0 Å². The number of guanidine groups is 1. The number of nitrogens with one attached hydrogen (secondary N) is 2. The Morgan fingerprint density at radius 3 is 2.65 bits per heavy atom. The highest BCUT2D eigenvalue weighted by Gasteiger charge is 2.07. The van der Waals surface area contributed by atoms with Crippen LogP contribution in [0.4, 0.5) is 4.79 Å². The van der Waals surface area contributed by atoms with Crippen LogP contribution in [0.25, 0.3) is 11.3 Å². The standard InChI is InChI=1S/C16H20N6O4/c1-2-25-14(23)9-26-11-5-3-10(4-6-11)12-7-19-13(21-12)8-20-16(24)22-15(17)18/h3-7H,2,8-9H2,1H3,(H,19,21)(H5,17,18,20,22,24). The van der Waals surface area contributed by atoms with Crippen molar-refractivity contribution in [3.8, 4) is 17.0 Å². The summed E-state index contributed by atoms with van der Waals surface area (Å²) >= 11 is 0. The minimum atomic E-state index is -0.647. The highest BCUT2D eigenvalue weighted by molar-refractivity contribution is 5.90. The Hall–Kier alpha value is -3.56. The number of ether oxygens (including phenoxy) is 2. The summed E-state index contributed by atoms with van der Waals surface area (Å²) in [6.07, 6.45) is 1.64. The molecule has 0 fully saturated rings. The SMILES string of the molecule is CCOC(=O)COc1ccc(-c2cnc(CNC(=O)N=C(N)N)[nH]2)cc1. The molecule has 2 amide bonds. The topological polar surface area (TPSA) is 158 Å². The zero-order valence-corrected chi connectivity index (χ0v) is 14.2. The highest BCUT2D eigenvalue weighted by Crippen LogP contribution is 2.21. The molecule has 6 N–H and O–H groups in total. The third kappa shape index (κ3) is 5.82. The number of nitrogens with two attached hydrogens (primary N) is 2. The Balaban J connectivity index is 1.91. The predicted molar refractivity (Wildman–Crippen MR) is 94.2 cm³/mol. The Kier molecular flexibility index (Phi) is 6.54. The monoisotopic (exact) mass is 360 g/mol. The average Bonchev–Trinajstić information content (AvgIpc) is 3.07. The zero-order valence-electron chi connectivity index (χ0n) is 14.2. The van der Waals surface area contributed by atoms with Gasteiger partial charge in [0.15, 0.2) is 12.6 Å². The largest absolute Gasteiger partial charge is 0.482 e. The molecule has 2 rings (SSSR count). The maximum absolute atomic E-state index is 11.3. The van der Waals surface area contributed by atoms with Crippen molar-refractivity contribution in [1.82, 2.24) is 15.3 Å². The van der Waals surface area contributed by atoms with Crippen LogP contribution in [0.1, 0.15) is 12.7 Å². The van der Waals surface area contributed by atoms with E-state index in [1.54, 1.807) is 25.3 Å². The van der Waals surface area contributed by atoms with Crippen LogP contribution in [0.2, 0.25) is 0 Å². The van der Waals surface area contributed by atoms with Gasteiger partial charge in [-0.15, -0.1) is 0 Å². The van der Waals surface area contributed by atoms with Gasteiger partial charge in [-0.1, -0.05) is 0 Å². The quantitative estimate of drug-likeness (QED) is 0.318. The smallest absolute Gasteiger partial charge is 0.344 e. The second-order valence-corrected chi connectivity index (χ2v) is 5.06. The molecule has 0 saturated heterocycles. The molecular weight excluding hydrogens is 340 g/mol. The van der Waals surface area contributed by atoms with Crippen LogP contribution >= 0.6 is 0 Å². The number of carbonyl (C=O) groups is 2. The number of aromatic nitrogens is 2. The van der Waals surface area contributed by atoms with Crippen LogP contribution in [0, 0.1) is 0 Å². The lowest BCUT2D eigenvalue weighted by Crippen LogP contribution is -2.28. The normalized spacial score (nSPS) is 10.0. The first-order valence-corrected chi connectivity index (χ1v) is 7.78. The number of urea groups is 1. The molecule has 26 heavy (non-hydrogen) atoms. The van der Waals surface area contributed by atoms with E-state index in [-0.39, 0.29) is 19.1 Å². The van der Waals surface area contributed by atoms with Crippen molar-refractivity contribution in [2.45, 2.75) is 13.5 Å². The number of hydrogen-bond acceptors (Lipinski definition) is 5. The van der Waals surface area contributed by atoms with Gasteiger partial charge >= 0.3 is 12.0 Å². The van der Waals surface area contributed by atoms with Crippen LogP contribution < -0.4 is 21.5 Å². The van der Waals surface area contributed by atoms with Crippen molar-refractivity contribution in [3.05, 3.63) is 36.3 Å². The number of hydrogen-bond donors (Lipinski definition) is 4. The van der Waals surface area contributed by atoms with E-state index in [0.29, 0.717) is 18.2 Å². The maximum atomic E-state index is 11.3. The molecule has 0 atom stereocenters. The second-order valence-electron chi connectivity index (χ2n) is 5.06. The second kappa shape index (κ2) is 9.06. The van der Waals surface area contributed by atoms with Crippen molar-refractivity contribution in [1.29, 1.82) is 0 Å². The van der Waals surface area contributed by atoms with E-state index in [2.05, 4.69) is 20.3 Å². The van der Waals surface area contributed by atoms with E-state index in [4.69, 9.17) is 20.9 Å². The van der Waals surface area contributed by atoms with Gasteiger partial charge < -0.3 is 31.2 Å². The Labute approximate surface area is 149 Å². The molecule has 0 saturated carbocycles. The average molecular weight is 360 g/mol. The summed E-state index contributed by atoms with van der Waals surface area (Å²) in [6.45, 7) is 2.06. The maximum Gasteiger partial charge on any atom is 0.344 e. The van der Waals surface area contributed by atoms with Crippen LogP contribution in [-0.2, 0) is 16.1 Å². The van der Waals surface area contributed by atoms with Crippen molar-refractivity contribution in [2.75, 3.05) is 13.2 Å². The van der Waals surface area contributed by atoms with Gasteiger partial charge in [-0.2, -0.15) is 4.99 Å². The Bertz CT molecular complexity index is 780. The fourth-order valence-corrected chi connectivity index (χ4v) is 1.99. The van der Waals surface area contributed by atoms with E-state index in [1.807, 2.05) is 12.1 Å². The lowest BCUT2D eigenvalue weighted by Gasteiger charge is -2.06. The molecule has 0 aliphatic rings. The van der Waals surface area contributed by atoms with Crippen molar-refractivity contribution in [3.63, 3.8) is 0 Å². The summed E-state index contributed by atoms with van der Waals surface area (Å²) in [4.78, 5) is 33.2. The third-order valence-corrected chi connectivity index (χ3v) is 3.09. The summed E-state index contributed by atoms with van der Waals surface area (Å²) in [6, 6.07) is 6.45. The van der Waals surface area contributed by atoms with E-state index < -0.39 is 12.0 Å². The molecule has 10 nitrogen and oxygen atoms in total. The molecule has 138 valence electrons. The van der Waals surface area contributed by atoms with Crippen LogP contribution in [0.3, 0.4) is 0 Å². The van der Waals surface area contributed by atoms with Gasteiger partial charge in [0.2, 0.25) is 0 Å². The van der Waals surface area contributed by atoms with Crippen molar-refractivity contribution >= 4 is 18.0 Å². The lowest BCUT2D eigenvalue weighted by molar-refractivity contribution is -0.145. The van der Waals surface area contributed by atoms with E-state index >= 15 is 0 Å². The Morgan fingerprint density at radius 2 is 2.00 bits per heavy atom. The third-order valence-electron chi connectivity index (χ3n) is 3.09. The summed E-state index contributed by atoms with van der Waals surface area (Å²) in [5.41, 5.74) is 11.9. The molecule has 0 spiro atoms. The van der Waals surface area contributed by atoms with E-state index in [9.17, 15) is 9.59 Å². The first-order valence-electron chi connectivity index (χ1n) is 7.78. The molecular formula is C16H20N6O4. The summed E-state index contributed by atoms with van der Waals surface area (Å²) in [5.74, 6) is 0.360. The molecule has 0 bridgehead atoms. The van der Waals surface area contributed by atoms with Gasteiger partial charge in [0.1, 0.15) is 11.6 Å². The number of aromatic amines is 1. The van der Waals surface area contributed by atoms with Gasteiger partial charge in [-0.05, 0) is 36.8 Å². The lowest BCUT2D eigenvalue weighted by atomic mass is 10.2. The number of carbonyl (C=O) groups excluding carboxylic acids is 2. The number of rotatable bonds is 7. The number of benzene rings is 1. The predicted octanol–water partition coefficient (Wildman–Crippen LogP) is 0.502. The van der Waals surface area contributed by atoms with E-state index in [1.165, 1.54) is 0 Å². The highest BCUT2D eigenvalue weighted by atomic mass is 16.6. The van der Waals surface area contributed by atoms with E-state index in [0.717, 1.165) is 11.3 Å². The Morgan fingerprint density at radius 1 is 1.27 bits per heavy atom. The van der Waals surface area contributed by atoms with Crippen LogP contribution in [0.15, 0.2) is 35.5 Å². The fourth-order valence-electron chi connectivity index (χ4n) is 1.99. The van der Waals surface area contributed by atoms with Gasteiger partial charge in [0, 0.05) is 0 Å². The molecule has 10 heteroatoms. The molecule has 1 aromatic heterocycles. The van der Waals surface area contributed by atoms with Crippen LogP contribution in [0.5, 0.6) is 5.75 Å². The van der Waals surface area contributed by atoms with Crippen LogP contribution in [-0.4, -0.2) is 41.1 Å². The molecule has 2 aromatic rings. The molecule has 0 radical (unpaired) electrons. The number of imidazole rings is 1. The first-order chi connectivity index (χ1) is 12.5. The minimum Gasteiger partial charge on any atom is -0.482 e.